The Morgan fingerprint density at radius 3 is 2.48 bits per heavy atom. The van der Waals surface area contributed by atoms with Crippen molar-refractivity contribution in [3.63, 3.8) is 0 Å². The summed E-state index contributed by atoms with van der Waals surface area (Å²) in [6, 6.07) is -0.103. The van der Waals surface area contributed by atoms with Gasteiger partial charge in [0.1, 0.15) is 0 Å². The van der Waals surface area contributed by atoms with Gasteiger partial charge < -0.3 is 20.1 Å². The number of ether oxygens (including phenoxy) is 1. The standard InChI is InChI=1S/C15H28N2O4/c1-4-5-15(13(18)19)6-8-17(9-7-15)14(20)16-10-12(2)11-21-3/h12H,4-11H2,1-3H3,(H,16,20)(H,18,19). The van der Waals surface area contributed by atoms with Crippen molar-refractivity contribution in [3.05, 3.63) is 0 Å². The number of nitrogens with one attached hydrogen (secondary N) is 1. The van der Waals surface area contributed by atoms with E-state index in [2.05, 4.69) is 5.32 Å². The number of likely N-dealkylation sites (tertiary alicyclic amines) is 1. The third-order valence-corrected chi connectivity index (χ3v) is 4.24. The normalized spacial score (nSPS) is 19.1. The topological polar surface area (TPSA) is 78.9 Å². The molecule has 1 saturated heterocycles. The van der Waals surface area contributed by atoms with Crippen LogP contribution in [0.1, 0.15) is 39.5 Å². The van der Waals surface area contributed by atoms with E-state index in [1.807, 2.05) is 13.8 Å². The number of carbonyl (C=O) groups is 2. The number of piperidine rings is 1. The van der Waals surface area contributed by atoms with Crippen LogP contribution in [-0.2, 0) is 9.53 Å². The van der Waals surface area contributed by atoms with E-state index < -0.39 is 11.4 Å². The van der Waals surface area contributed by atoms with Gasteiger partial charge in [0.15, 0.2) is 0 Å². The molecule has 1 unspecified atom stereocenters. The van der Waals surface area contributed by atoms with Gasteiger partial charge in [-0.15, -0.1) is 0 Å². The van der Waals surface area contributed by atoms with Gasteiger partial charge in [0.2, 0.25) is 0 Å². The molecule has 1 heterocycles. The average molecular weight is 300 g/mol. The molecular weight excluding hydrogens is 272 g/mol. The van der Waals surface area contributed by atoms with Crippen LogP contribution < -0.4 is 5.32 Å². The van der Waals surface area contributed by atoms with Crippen molar-refractivity contribution in [1.29, 1.82) is 0 Å². The summed E-state index contributed by atoms with van der Waals surface area (Å²) in [6.07, 6.45) is 2.62. The lowest BCUT2D eigenvalue weighted by Gasteiger charge is -2.38. The van der Waals surface area contributed by atoms with Gasteiger partial charge in [-0.2, -0.15) is 0 Å². The Morgan fingerprint density at radius 2 is 2.00 bits per heavy atom. The highest BCUT2D eigenvalue weighted by molar-refractivity contribution is 5.77. The van der Waals surface area contributed by atoms with Gasteiger partial charge in [-0.05, 0) is 25.2 Å². The summed E-state index contributed by atoms with van der Waals surface area (Å²) in [7, 11) is 1.64. The molecule has 2 amide bonds. The first-order valence-electron chi connectivity index (χ1n) is 7.70. The Balaban J connectivity index is 2.44. The number of hydrogen-bond acceptors (Lipinski definition) is 3. The van der Waals surface area contributed by atoms with Crippen LogP contribution in [0.25, 0.3) is 0 Å². The minimum absolute atomic E-state index is 0.103. The van der Waals surface area contributed by atoms with Gasteiger partial charge in [-0.1, -0.05) is 20.3 Å². The van der Waals surface area contributed by atoms with Crippen molar-refractivity contribution >= 4 is 12.0 Å². The fourth-order valence-electron chi connectivity index (χ4n) is 2.90. The number of hydrogen-bond donors (Lipinski definition) is 2. The van der Waals surface area contributed by atoms with E-state index in [9.17, 15) is 14.7 Å². The molecule has 0 saturated carbocycles. The van der Waals surface area contributed by atoms with Gasteiger partial charge >= 0.3 is 12.0 Å². The number of rotatable bonds is 7. The van der Waals surface area contributed by atoms with Crippen LogP contribution in [0, 0.1) is 11.3 Å². The number of amides is 2. The zero-order chi connectivity index (χ0) is 15.9. The molecule has 1 aliphatic heterocycles. The second-order valence-corrected chi connectivity index (χ2v) is 6.07. The number of aliphatic carboxylic acids is 1. The molecule has 0 bridgehead atoms. The monoisotopic (exact) mass is 300 g/mol. The molecule has 0 spiro atoms. The van der Waals surface area contributed by atoms with Crippen LogP contribution in [0.5, 0.6) is 0 Å². The van der Waals surface area contributed by atoms with Crippen molar-refractivity contribution in [2.24, 2.45) is 11.3 Å². The third kappa shape index (κ3) is 4.88. The van der Waals surface area contributed by atoms with Crippen LogP contribution in [0.2, 0.25) is 0 Å². The number of methoxy groups -OCH3 is 1. The van der Waals surface area contributed by atoms with Gasteiger partial charge in [0.05, 0.1) is 12.0 Å². The van der Waals surface area contributed by atoms with Crippen molar-refractivity contribution < 1.29 is 19.4 Å². The maximum atomic E-state index is 12.1. The lowest BCUT2D eigenvalue weighted by molar-refractivity contribution is -0.152. The quantitative estimate of drug-likeness (QED) is 0.753. The van der Waals surface area contributed by atoms with Crippen molar-refractivity contribution in [1.82, 2.24) is 10.2 Å². The summed E-state index contributed by atoms with van der Waals surface area (Å²) >= 11 is 0. The van der Waals surface area contributed by atoms with E-state index >= 15 is 0 Å². The van der Waals surface area contributed by atoms with Crippen LogP contribution >= 0.6 is 0 Å². The molecule has 1 atom stereocenters. The molecule has 2 N–H and O–H groups in total. The van der Waals surface area contributed by atoms with Crippen LogP contribution in [-0.4, -0.2) is 55.4 Å². The Kier molecular flexibility index (Phi) is 6.95. The smallest absolute Gasteiger partial charge is 0.317 e. The molecule has 0 aromatic carbocycles. The lowest BCUT2D eigenvalue weighted by Crippen LogP contribution is -2.50. The maximum absolute atomic E-state index is 12.1. The molecule has 1 rings (SSSR count). The SMILES string of the molecule is CCCC1(C(=O)O)CCN(C(=O)NCC(C)COC)CC1. The summed E-state index contributed by atoms with van der Waals surface area (Å²) in [6.45, 7) is 6.21. The van der Waals surface area contributed by atoms with E-state index in [1.54, 1.807) is 12.0 Å². The number of urea groups is 1. The van der Waals surface area contributed by atoms with Gasteiger partial charge in [0.25, 0.3) is 0 Å². The summed E-state index contributed by atoms with van der Waals surface area (Å²) in [5.74, 6) is -0.458. The van der Waals surface area contributed by atoms with Gasteiger partial charge in [-0.3, -0.25) is 4.79 Å². The number of nitrogens with zero attached hydrogens (tertiary/aromatic N) is 1. The molecule has 21 heavy (non-hydrogen) atoms. The fraction of sp³-hybridized carbons (Fsp3) is 0.867. The molecule has 6 heteroatoms. The van der Waals surface area contributed by atoms with Crippen molar-refractivity contribution in [3.8, 4) is 0 Å². The predicted octanol–water partition coefficient (Wildman–Crippen LogP) is 1.95. The van der Waals surface area contributed by atoms with Crippen LogP contribution in [0.4, 0.5) is 4.79 Å². The maximum Gasteiger partial charge on any atom is 0.317 e. The third-order valence-electron chi connectivity index (χ3n) is 4.24. The van der Waals surface area contributed by atoms with E-state index in [0.717, 1.165) is 6.42 Å². The molecular formula is C15H28N2O4. The Bertz CT molecular complexity index is 352. The molecule has 6 nitrogen and oxygen atoms in total. The minimum atomic E-state index is -0.724. The van der Waals surface area contributed by atoms with E-state index in [4.69, 9.17) is 4.74 Å². The highest BCUT2D eigenvalue weighted by atomic mass is 16.5. The Labute approximate surface area is 126 Å². The molecule has 0 aromatic heterocycles. The van der Waals surface area contributed by atoms with Gasteiger partial charge in [0, 0.05) is 26.7 Å². The molecule has 1 aliphatic rings. The van der Waals surface area contributed by atoms with E-state index in [1.165, 1.54) is 0 Å². The van der Waals surface area contributed by atoms with E-state index in [0.29, 0.717) is 45.5 Å². The molecule has 122 valence electrons. The van der Waals surface area contributed by atoms with Crippen molar-refractivity contribution in [2.45, 2.75) is 39.5 Å². The number of carboxylic acid groups (broad SMARTS) is 1. The predicted molar refractivity (Wildman–Crippen MR) is 80.2 cm³/mol. The average Bonchev–Trinajstić information content (AvgIpc) is 2.46. The Hall–Kier alpha value is -1.30. The minimum Gasteiger partial charge on any atom is -0.481 e. The van der Waals surface area contributed by atoms with E-state index in [-0.39, 0.29) is 11.9 Å². The molecule has 0 aliphatic carbocycles. The second-order valence-electron chi connectivity index (χ2n) is 6.07. The first kappa shape index (κ1) is 17.8. The summed E-state index contributed by atoms with van der Waals surface area (Å²) in [5, 5.41) is 12.3. The van der Waals surface area contributed by atoms with Crippen molar-refractivity contribution in [2.75, 3.05) is 33.4 Å². The second kappa shape index (κ2) is 8.22. The lowest BCUT2D eigenvalue weighted by atomic mass is 9.75. The summed E-state index contributed by atoms with van der Waals surface area (Å²) < 4.78 is 5.03. The first-order valence-corrected chi connectivity index (χ1v) is 7.70. The largest absolute Gasteiger partial charge is 0.481 e. The summed E-state index contributed by atoms with van der Waals surface area (Å²) in [4.78, 5) is 25.3. The highest BCUT2D eigenvalue weighted by Crippen LogP contribution is 2.36. The first-order chi connectivity index (χ1) is 9.95. The molecule has 0 aromatic rings. The van der Waals surface area contributed by atoms with Crippen LogP contribution in [0.15, 0.2) is 0 Å². The number of carbonyl (C=O) groups excluding carboxylic acids is 1. The zero-order valence-corrected chi connectivity index (χ0v) is 13.4. The fourth-order valence-corrected chi connectivity index (χ4v) is 2.90. The molecule has 1 fully saturated rings. The van der Waals surface area contributed by atoms with Gasteiger partial charge in [-0.25, -0.2) is 4.79 Å². The summed E-state index contributed by atoms with van der Waals surface area (Å²) in [5.41, 5.74) is -0.644. The molecule has 0 radical (unpaired) electrons. The Morgan fingerprint density at radius 1 is 1.38 bits per heavy atom. The highest BCUT2D eigenvalue weighted by Gasteiger charge is 2.41. The van der Waals surface area contributed by atoms with Crippen LogP contribution in [0.3, 0.4) is 0 Å². The number of carboxylic acids is 1. The zero-order valence-electron chi connectivity index (χ0n) is 13.4.